The van der Waals surface area contributed by atoms with Gasteiger partial charge in [0, 0.05) is 26.6 Å². The fraction of sp³-hybridized carbons (Fsp3) is 0.391. The topological polar surface area (TPSA) is 105 Å². The van der Waals surface area contributed by atoms with E-state index in [9.17, 15) is 18.0 Å². The first-order valence-electron chi connectivity index (χ1n) is 10.4. The van der Waals surface area contributed by atoms with Crippen LogP contribution in [0.2, 0.25) is 0 Å². The first-order valence-corrected chi connectivity index (χ1v) is 11.9. The number of amides is 2. The molecule has 2 amide bonds. The van der Waals surface area contributed by atoms with E-state index in [0.29, 0.717) is 18.7 Å². The van der Waals surface area contributed by atoms with Gasteiger partial charge in [-0.25, -0.2) is 13.1 Å². The van der Waals surface area contributed by atoms with E-state index in [1.54, 1.807) is 38.0 Å². The fourth-order valence-corrected chi connectivity index (χ4v) is 4.26. The van der Waals surface area contributed by atoms with E-state index < -0.39 is 16.1 Å². The molecule has 1 unspecified atom stereocenters. The van der Waals surface area contributed by atoms with Gasteiger partial charge in [0.1, 0.15) is 11.8 Å². The largest absolute Gasteiger partial charge is 0.497 e. The highest BCUT2D eigenvalue weighted by atomic mass is 32.2. The zero-order valence-electron chi connectivity index (χ0n) is 18.9. The molecule has 8 nitrogen and oxygen atoms in total. The molecule has 0 saturated heterocycles. The van der Waals surface area contributed by atoms with Crippen molar-refractivity contribution in [3.63, 3.8) is 0 Å². The Morgan fingerprint density at radius 1 is 1.03 bits per heavy atom. The first-order chi connectivity index (χ1) is 15.2. The van der Waals surface area contributed by atoms with Gasteiger partial charge in [0.2, 0.25) is 21.8 Å². The third kappa shape index (κ3) is 6.80. The molecular formula is C23H31N3O5S. The minimum Gasteiger partial charge on any atom is -0.497 e. The Morgan fingerprint density at radius 2 is 1.62 bits per heavy atom. The number of aryl methyl sites for hydroxylation is 1. The molecule has 0 aliphatic heterocycles. The fourth-order valence-electron chi connectivity index (χ4n) is 3.22. The second-order valence-corrected chi connectivity index (χ2v) is 9.07. The number of methoxy groups -OCH3 is 1. The summed E-state index contributed by atoms with van der Waals surface area (Å²) >= 11 is 0. The number of rotatable bonds is 11. The van der Waals surface area contributed by atoms with Crippen LogP contribution in [0.25, 0.3) is 0 Å². The summed E-state index contributed by atoms with van der Waals surface area (Å²) in [7, 11) is -0.390. The summed E-state index contributed by atoms with van der Waals surface area (Å²) in [5, 5.41) is 2.59. The molecule has 0 aliphatic rings. The number of hydrogen-bond acceptors (Lipinski definition) is 5. The van der Waals surface area contributed by atoms with E-state index in [0.717, 1.165) is 11.1 Å². The smallest absolute Gasteiger partial charge is 0.242 e. The second-order valence-electron chi connectivity index (χ2n) is 7.31. The molecule has 0 aromatic heterocycles. The minimum absolute atomic E-state index is 0.165. The van der Waals surface area contributed by atoms with Gasteiger partial charge in [0.05, 0.1) is 12.0 Å². The zero-order chi connectivity index (χ0) is 23.7. The molecule has 0 fully saturated rings. The highest BCUT2D eigenvalue weighted by Gasteiger charge is 2.25. The molecule has 2 N–H and O–H groups in total. The molecule has 0 aliphatic carbocycles. The third-order valence-electron chi connectivity index (χ3n) is 5.12. The van der Waals surface area contributed by atoms with Crippen molar-refractivity contribution < 1.29 is 22.7 Å². The van der Waals surface area contributed by atoms with Crippen molar-refractivity contribution in [2.75, 3.05) is 20.7 Å². The maximum absolute atomic E-state index is 13.0. The van der Waals surface area contributed by atoms with E-state index in [1.165, 1.54) is 19.2 Å². The van der Waals surface area contributed by atoms with Crippen molar-refractivity contribution in [3.05, 3.63) is 59.7 Å². The van der Waals surface area contributed by atoms with Crippen LogP contribution in [0.15, 0.2) is 53.4 Å². The number of nitrogens with one attached hydrogen (secondary N) is 2. The highest BCUT2D eigenvalue weighted by molar-refractivity contribution is 7.89. The Balaban J connectivity index is 2.11. The van der Waals surface area contributed by atoms with Crippen LogP contribution >= 0.6 is 0 Å². The van der Waals surface area contributed by atoms with Crippen molar-refractivity contribution in [2.45, 2.75) is 44.2 Å². The maximum atomic E-state index is 13.0. The van der Waals surface area contributed by atoms with Crippen LogP contribution in [0, 0.1) is 0 Å². The molecule has 1 atom stereocenters. The molecule has 2 rings (SSSR count). The molecular weight excluding hydrogens is 430 g/mol. The standard InChI is InChI=1S/C23H31N3O5S/c1-5-25-32(29,30)21-13-8-18(9-14-21)10-15-22(27)26(17(2)23(28)24-3)16-19-6-11-20(31-4)12-7-19/h6-9,11-14,17,25H,5,10,15-16H2,1-4H3,(H,24,28). The van der Waals surface area contributed by atoms with Crippen LogP contribution in [0.5, 0.6) is 5.75 Å². The van der Waals surface area contributed by atoms with Crippen molar-refractivity contribution in [1.29, 1.82) is 0 Å². The Bertz CT molecular complexity index is 1000. The van der Waals surface area contributed by atoms with Gasteiger partial charge in [-0.05, 0) is 48.7 Å². The number of ether oxygens (including phenoxy) is 1. The Hall–Kier alpha value is -2.91. The average molecular weight is 462 g/mol. The van der Waals surface area contributed by atoms with Gasteiger partial charge in [-0.3, -0.25) is 9.59 Å². The SMILES string of the molecule is CCNS(=O)(=O)c1ccc(CCC(=O)N(Cc2ccc(OC)cc2)C(C)C(=O)NC)cc1. The summed E-state index contributed by atoms with van der Waals surface area (Å²) in [5.74, 6) is 0.302. The third-order valence-corrected chi connectivity index (χ3v) is 6.68. The molecule has 0 bridgehead atoms. The monoisotopic (exact) mass is 461 g/mol. The average Bonchev–Trinajstić information content (AvgIpc) is 2.80. The highest BCUT2D eigenvalue weighted by Crippen LogP contribution is 2.17. The molecule has 2 aromatic rings. The Kier molecular flexibility index (Phi) is 9.22. The molecule has 0 heterocycles. The van der Waals surface area contributed by atoms with E-state index in [2.05, 4.69) is 10.0 Å². The molecule has 174 valence electrons. The summed E-state index contributed by atoms with van der Waals surface area (Å²) in [5.41, 5.74) is 1.72. The van der Waals surface area contributed by atoms with E-state index in [1.807, 2.05) is 24.3 Å². The van der Waals surface area contributed by atoms with Gasteiger partial charge < -0.3 is 15.0 Å². The molecule has 32 heavy (non-hydrogen) atoms. The van der Waals surface area contributed by atoms with Crippen LogP contribution in [-0.4, -0.2) is 51.9 Å². The van der Waals surface area contributed by atoms with Crippen LogP contribution < -0.4 is 14.8 Å². The van der Waals surface area contributed by atoms with Crippen molar-refractivity contribution in [3.8, 4) is 5.75 Å². The van der Waals surface area contributed by atoms with Crippen LogP contribution in [0.1, 0.15) is 31.4 Å². The quantitative estimate of drug-likeness (QED) is 0.533. The van der Waals surface area contributed by atoms with Crippen molar-refractivity contribution in [1.82, 2.24) is 14.9 Å². The number of nitrogens with zero attached hydrogens (tertiary/aromatic N) is 1. The lowest BCUT2D eigenvalue weighted by Gasteiger charge is -2.28. The minimum atomic E-state index is -3.51. The molecule has 9 heteroatoms. The lowest BCUT2D eigenvalue weighted by Crippen LogP contribution is -2.46. The molecule has 0 spiro atoms. The summed E-state index contributed by atoms with van der Waals surface area (Å²) in [6.07, 6.45) is 0.622. The van der Waals surface area contributed by atoms with Gasteiger partial charge in [-0.15, -0.1) is 0 Å². The predicted molar refractivity (Wildman–Crippen MR) is 123 cm³/mol. The van der Waals surface area contributed by atoms with Gasteiger partial charge in [-0.2, -0.15) is 0 Å². The summed E-state index contributed by atoms with van der Waals surface area (Å²) in [6, 6.07) is 13.2. The van der Waals surface area contributed by atoms with Crippen molar-refractivity contribution in [2.24, 2.45) is 0 Å². The van der Waals surface area contributed by atoms with Crippen LogP contribution in [0.4, 0.5) is 0 Å². The first kappa shape index (κ1) is 25.4. The van der Waals surface area contributed by atoms with E-state index >= 15 is 0 Å². The number of carbonyl (C=O) groups excluding carboxylic acids is 2. The number of sulfonamides is 1. The van der Waals surface area contributed by atoms with Gasteiger partial charge in [0.15, 0.2) is 0 Å². The molecule has 2 aromatic carbocycles. The molecule has 0 saturated carbocycles. The molecule has 0 radical (unpaired) electrons. The van der Waals surface area contributed by atoms with E-state index in [-0.39, 0.29) is 29.7 Å². The predicted octanol–water partition coefficient (Wildman–Crippen LogP) is 2.09. The van der Waals surface area contributed by atoms with Gasteiger partial charge in [-0.1, -0.05) is 31.2 Å². The maximum Gasteiger partial charge on any atom is 0.242 e. The number of likely N-dealkylation sites (N-methyl/N-ethyl adjacent to an activating group) is 1. The second kappa shape index (κ2) is 11.6. The van der Waals surface area contributed by atoms with Crippen LogP contribution in [0.3, 0.4) is 0 Å². The van der Waals surface area contributed by atoms with Crippen LogP contribution in [-0.2, 0) is 32.6 Å². The van der Waals surface area contributed by atoms with Gasteiger partial charge >= 0.3 is 0 Å². The zero-order valence-corrected chi connectivity index (χ0v) is 19.7. The number of benzene rings is 2. The van der Waals surface area contributed by atoms with Crippen molar-refractivity contribution >= 4 is 21.8 Å². The lowest BCUT2D eigenvalue weighted by molar-refractivity contribution is -0.140. The summed E-state index contributed by atoms with van der Waals surface area (Å²) in [4.78, 5) is 27.0. The number of carbonyl (C=O) groups is 2. The normalized spacial score (nSPS) is 12.1. The van der Waals surface area contributed by atoms with Gasteiger partial charge in [0.25, 0.3) is 0 Å². The number of hydrogen-bond donors (Lipinski definition) is 2. The van der Waals surface area contributed by atoms with E-state index in [4.69, 9.17) is 4.74 Å². The summed E-state index contributed by atoms with van der Waals surface area (Å²) < 4.78 is 31.7. The Morgan fingerprint density at radius 3 is 2.16 bits per heavy atom. The summed E-state index contributed by atoms with van der Waals surface area (Å²) in [6.45, 7) is 4.01. The lowest BCUT2D eigenvalue weighted by atomic mass is 10.1. The Labute approximate surface area is 190 Å².